The average molecular weight is 275 g/mol. The van der Waals surface area contributed by atoms with Crippen molar-refractivity contribution in [2.75, 3.05) is 5.32 Å². The fourth-order valence-corrected chi connectivity index (χ4v) is 1.97. The summed E-state index contributed by atoms with van der Waals surface area (Å²) in [5.41, 5.74) is 1.94. The predicted octanol–water partition coefficient (Wildman–Crippen LogP) is 2.47. The van der Waals surface area contributed by atoms with E-state index in [0.29, 0.717) is 5.56 Å². The Hall–Kier alpha value is -2.40. The van der Waals surface area contributed by atoms with Gasteiger partial charge in [0.25, 0.3) is 0 Å². The van der Waals surface area contributed by atoms with Gasteiger partial charge in [0.1, 0.15) is 0 Å². The molecule has 0 aliphatic carbocycles. The van der Waals surface area contributed by atoms with Crippen LogP contribution in [0.5, 0.6) is 17.2 Å². The van der Waals surface area contributed by atoms with Crippen LogP contribution in [0.2, 0.25) is 0 Å². The number of phenols is 3. The van der Waals surface area contributed by atoms with Crippen molar-refractivity contribution in [2.24, 2.45) is 0 Å². The molecule has 0 heterocycles. The third-order valence-corrected chi connectivity index (χ3v) is 3.09. The van der Waals surface area contributed by atoms with Gasteiger partial charge in [-0.15, -0.1) is 0 Å². The van der Waals surface area contributed by atoms with Gasteiger partial charge in [-0.3, -0.25) is 0 Å². The molecule has 0 saturated carbocycles. The second kappa shape index (κ2) is 5.71. The zero-order valence-electron chi connectivity index (χ0n) is 11.0. The van der Waals surface area contributed by atoms with Crippen LogP contribution in [0.15, 0.2) is 36.4 Å². The number of para-hydroxylation sites is 1. The lowest BCUT2D eigenvalue weighted by Crippen LogP contribution is -2.04. The Kier molecular flexibility index (Phi) is 4.00. The molecule has 0 radical (unpaired) electrons. The first-order valence-electron chi connectivity index (χ1n) is 6.24. The summed E-state index contributed by atoms with van der Waals surface area (Å²) in [5, 5.41) is 41.2. The first kappa shape index (κ1) is 14.0. The lowest BCUT2D eigenvalue weighted by atomic mass is 10.1. The van der Waals surface area contributed by atoms with Crippen molar-refractivity contribution in [2.45, 2.75) is 19.6 Å². The molecule has 5 N–H and O–H groups in total. The normalized spacial score (nSPS) is 12.1. The molecule has 0 amide bonds. The fraction of sp³-hybridized carbons (Fsp3) is 0.200. The summed E-state index contributed by atoms with van der Waals surface area (Å²) < 4.78 is 0. The van der Waals surface area contributed by atoms with Crippen LogP contribution in [-0.4, -0.2) is 20.4 Å². The van der Waals surface area contributed by atoms with Gasteiger partial charge in [-0.25, -0.2) is 0 Å². The first-order chi connectivity index (χ1) is 9.50. The lowest BCUT2D eigenvalue weighted by molar-refractivity contribution is 0.200. The van der Waals surface area contributed by atoms with E-state index in [4.69, 9.17) is 0 Å². The minimum atomic E-state index is -0.611. The van der Waals surface area contributed by atoms with Gasteiger partial charge in [0, 0.05) is 23.4 Å². The summed E-state index contributed by atoms with van der Waals surface area (Å²) in [6.07, 6.45) is -0.611. The Bertz CT molecular complexity index is 611. The van der Waals surface area contributed by atoms with Gasteiger partial charge in [0.05, 0.1) is 6.10 Å². The van der Waals surface area contributed by atoms with E-state index in [1.165, 1.54) is 12.1 Å². The minimum Gasteiger partial charge on any atom is -0.504 e. The van der Waals surface area contributed by atoms with E-state index in [2.05, 4.69) is 5.32 Å². The number of anilines is 1. The van der Waals surface area contributed by atoms with Crippen molar-refractivity contribution < 1.29 is 20.4 Å². The van der Waals surface area contributed by atoms with E-state index < -0.39 is 11.9 Å². The molecule has 0 bridgehead atoms. The second-order valence-electron chi connectivity index (χ2n) is 4.56. The Balaban J connectivity index is 2.20. The summed E-state index contributed by atoms with van der Waals surface area (Å²) in [6, 6.07) is 10.1. The number of aromatic hydroxyl groups is 3. The van der Waals surface area contributed by atoms with Crippen molar-refractivity contribution in [1.82, 2.24) is 0 Å². The molecule has 1 unspecified atom stereocenters. The smallest absolute Gasteiger partial charge is 0.200 e. The molecule has 0 fully saturated rings. The number of nitrogens with one attached hydrogen (secondary N) is 1. The molecule has 106 valence electrons. The van der Waals surface area contributed by atoms with Crippen LogP contribution in [0.25, 0.3) is 0 Å². The number of aliphatic hydroxyl groups excluding tert-OH is 1. The molecule has 0 aliphatic rings. The quantitative estimate of drug-likeness (QED) is 0.553. The second-order valence-corrected chi connectivity index (χ2v) is 4.56. The Morgan fingerprint density at radius 1 is 1.00 bits per heavy atom. The molecule has 1 atom stereocenters. The van der Waals surface area contributed by atoms with Crippen molar-refractivity contribution in [3.63, 3.8) is 0 Å². The van der Waals surface area contributed by atoms with E-state index in [1.54, 1.807) is 13.0 Å². The summed E-state index contributed by atoms with van der Waals surface area (Å²) in [4.78, 5) is 0. The molecule has 5 nitrogen and oxygen atoms in total. The zero-order chi connectivity index (χ0) is 14.7. The third kappa shape index (κ3) is 2.78. The van der Waals surface area contributed by atoms with Crippen LogP contribution in [0.3, 0.4) is 0 Å². The van der Waals surface area contributed by atoms with Crippen molar-refractivity contribution in [3.8, 4) is 17.2 Å². The van der Waals surface area contributed by atoms with Crippen molar-refractivity contribution >= 4 is 5.69 Å². The Morgan fingerprint density at radius 2 is 1.70 bits per heavy atom. The molecule has 2 aromatic carbocycles. The number of rotatable bonds is 4. The molecule has 5 heteroatoms. The van der Waals surface area contributed by atoms with E-state index in [-0.39, 0.29) is 18.0 Å². The monoisotopic (exact) mass is 275 g/mol. The van der Waals surface area contributed by atoms with E-state index in [0.717, 1.165) is 11.3 Å². The van der Waals surface area contributed by atoms with E-state index in [9.17, 15) is 20.4 Å². The molecular weight excluding hydrogens is 258 g/mol. The zero-order valence-corrected chi connectivity index (χ0v) is 11.0. The predicted molar refractivity (Wildman–Crippen MR) is 75.8 cm³/mol. The standard InChI is InChI=1S/C15H17NO4/c1-9(17)11-4-2-3-5-12(11)16-8-10-6-7-13(18)15(20)14(10)19/h2-7,9,16-20H,8H2,1H3. The van der Waals surface area contributed by atoms with Crippen molar-refractivity contribution in [3.05, 3.63) is 47.5 Å². The van der Waals surface area contributed by atoms with Gasteiger partial charge in [0.2, 0.25) is 5.75 Å². The van der Waals surface area contributed by atoms with Crippen LogP contribution >= 0.6 is 0 Å². The van der Waals surface area contributed by atoms with Gasteiger partial charge >= 0.3 is 0 Å². The van der Waals surface area contributed by atoms with Gasteiger partial charge in [-0.05, 0) is 25.1 Å². The topological polar surface area (TPSA) is 93.0 Å². The Morgan fingerprint density at radius 3 is 2.40 bits per heavy atom. The van der Waals surface area contributed by atoms with Crippen LogP contribution in [0.1, 0.15) is 24.2 Å². The van der Waals surface area contributed by atoms with Gasteiger partial charge in [-0.2, -0.15) is 0 Å². The highest BCUT2D eigenvalue weighted by Crippen LogP contribution is 2.37. The molecular formula is C15H17NO4. The first-order valence-corrected chi connectivity index (χ1v) is 6.24. The van der Waals surface area contributed by atoms with Crippen molar-refractivity contribution in [1.29, 1.82) is 0 Å². The van der Waals surface area contributed by atoms with Gasteiger partial charge in [0.15, 0.2) is 11.5 Å². The maximum atomic E-state index is 9.74. The van der Waals surface area contributed by atoms with Crippen LogP contribution < -0.4 is 5.32 Å². The van der Waals surface area contributed by atoms with Crippen LogP contribution in [-0.2, 0) is 6.54 Å². The summed E-state index contributed by atoms with van der Waals surface area (Å²) >= 11 is 0. The highest BCUT2D eigenvalue weighted by Gasteiger charge is 2.12. The maximum absolute atomic E-state index is 9.74. The molecule has 0 saturated heterocycles. The maximum Gasteiger partial charge on any atom is 0.200 e. The third-order valence-electron chi connectivity index (χ3n) is 3.09. The molecule has 0 spiro atoms. The molecule has 0 aromatic heterocycles. The van der Waals surface area contributed by atoms with Gasteiger partial charge in [-0.1, -0.05) is 18.2 Å². The molecule has 20 heavy (non-hydrogen) atoms. The SMILES string of the molecule is CC(O)c1ccccc1NCc1ccc(O)c(O)c1O. The minimum absolute atomic E-state index is 0.253. The lowest BCUT2D eigenvalue weighted by Gasteiger charge is -2.15. The highest BCUT2D eigenvalue weighted by molar-refractivity contribution is 5.56. The number of aliphatic hydroxyl groups is 1. The number of hydrogen-bond acceptors (Lipinski definition) is 5. The molecule has 0 aliphatic heterocycles. The molecule has 2 aromatic rings. The number of hydrogen-bond donors (Lipinski definition) is 5. The summed E-state index contributed by atoms with van der Waals surface area (Å²) in [7, 11) is 0. The van der Waals surface area contributed by atoms with E-state index >= 15 is 0 Å². The largest absolute Gasteiger partial charge is 0.504 e. The molecule has 2 rings (SSSR count). The number of phenolic OH excluding ortho intramolecular Hbond substituents is 3. The van der Waals surface area contributed by atoms with Crippen LogP contribution in [0.4, 0.5) is 5.69 Å². The van der Waals surface area contributed by atoms with Crippen LogP contribution in [0, 0.1) is 0 Å². The summed E-state index contributed by atoms with van der Waals surface area (Å²) in [6.45, 7) is 1.92. The number of benzene rings is 2. The average Bonchev–Trinajstić information content (AvgIpc) is 2.44. The highest BCUT2D eigenvalue weighted by atomic mass is 16.3. The van der Waals surface area contributed by atoms with E-state index in [1.807, 2.05) is 18.2 Å². The Labute approximate surface area is 116 Å². The fourth-order valence-electron chi connectivity index (χ4n) is 1.97. The van der Waals surface area contributed by atoms with Gasteiger partial charge < -0.3 is 25.7 Å². The summed E-state index contributed by atoms with van der Waals surface area (Å²) in [5.74, 6) is -1.25.